The zero-order valence-electron chi connectivity index (χ0n) is 20.9. The van der Waals surface area contributed by atoms with Crippen molar-refractivity contribution in [1.29, 1.82) is 0 Å². The van der Waals surface area contributed by atoms with Gasteiger partial charge in [-0.05, 0) is 80.1 Å². The topological polar surface area (TPSA) is 122 Å². The van der Waals surface area contributed by atoms with E-state index >= 15 is 0 Å². The molecule has 0 bridgehead atoms. The van der Waals surface area contributed by atoms with Crippen LogP contribution in [0.4, 0.5) is 5.69 Å². The van der Waals surface area contributed by atoms with Crippen molar-refractivity contribution in [2.75, 3.05) is 3.71 Å². The number of anilines is 1. The predicted molar refractivity (Wildman–Crippen MR) is 149 cm³/mol. The Morgan fingerprint density at radius 1 is 0.692 bits per heavy atom. The quantitative estimate of drug-likeness (QED) is 0.277. The molecule has 8 nitrogen and oxygen atoms in total. The Labute approximate surface area is 225 Å². The number of aromatic hydroxyl groups is 1. The number of sulfonamides is 2. The molecule has 0 unspecified atom stereocenters. The van der Waals surface area contributed by atoms with Crippen LogP contribution in [-0.4, -0.2) is 21.9 Å². The molecule has 0 fully saturated rings. The summed E-state index contributed by atoms with van der Waals surface area (Å²) in [6.07, 6.45) is 0. The first-order valence-corrected chi connectivity index (χ1v) is 14.7. The molecule has 0 aliphatic carbocycles. The molecule has 0 saturated carbocycles. The van der Waals surface area contributed by atoms with Crippen LogP contribution in [0.1, 0.15) is 11.1 Å². The summed E-state index contributed by atoms with van der Waals surface area (Å²) in [5.74, 6) is -0.0553. The summed E-state index contributed by atoms with van der Waals surface area (Å²) in [6, 6.07) is 23.2. The number of fused-ring (bicyclic) bond motifs is 1. The van der Waals surface area contributed by atoms with Crippen molar-refractivity contribution in [2.24, 2.45) is 0 Å². The highest BCUT2D eigenvalue weighted by Crippen LogP contribution is 2.34. The maximum absolute atomic E-state index is 13.9. The predicted octanol–water partition coefficient (Wildman–Crippen LogP) is 5.37. The lowest BCUT2D eigenvalue weighted by molar-refractivity contribution is 0.475. The monoisotopic (exact) mass is 561 g/mol. The molecule has 0 radical (unpaired) electrons. The molecule has 198 valence electrons. The molecule has 5 aromatic rings. The average Bonchev–Trinajstić information content (AvgIpc) is 2.89. The summed E-state index contributed by atoms with van der Waals surface area (Å²) in [6.45, 7) is 3.58. The van der Waals surface area contributed by atoms with E-state index in [2.05, 4.69) is 0 Å². The molecule has 0 aliphatic heterocycles. The van der Waals surface area contributed by atoms with Crippen LogP contribution in [0.3, 0.4) is 0 Å². The van der Waals surface area contributed by atoms with Gasteiger partial charge in [-0.1, -0.05) is 47.5 Å². The van der Waals surface area contributed by atoms with Gasteiger partial charge in [0.1, 0.15) is 11.3 Å². The van der Waals surface area contributed by atoms with Crippen molar-refractivity contribution < 1.29 is 26.4 Å². The van der Waals surface area contributed by atoms with Gasteiger partial charge in [-0.3, -0.25) is 0 Å². The maximum atomic E-state index is 13.9. The van der Waals surface area contributed by atoms with E-state index in [4.69, 9.17) is 4.42 Å². The van der Waals surface area contributed by atoms with Crippen LogP contribution in [0, 0.1) is 13.8 Å². The molecule has 0 spiro atoms. The number of benzene rings is 4. The Balaban J connectivity index is 1.75. The van der Waals surface area contributed by atoms with Crippen molar-refractivity contribution in [3.8, 4) is 16.9 Å². The van der Waals surface area contributed by atoms with Crippen LogP contribution in [0.15, 0.2) is 116 Å². The second-order valence-electron chi connectivity index (χ2n) is 9.05. The van der Waals surface area contributed by atoms with E-state index in [0.29, 0.717) is 9.27 Å². The summed E-state index contributed by atoms with van der Waals surface area (Å²) in [7, 11) is -9.22. The molecule has 1 N–H and O–H groups in total. The fourth-order valence-electron chi connectivity index (χ4n) is 4.12. The van der Waals surface area contributed by atoms with Crippen LogP contribution < -0.4 is 9.34 Å². The molecule has 1 heterocycles. The largest absolute Gasteiger partial charge is 0.508 e. The van der Waals surface area contributed by atoms with Crippen molar-refractivity contribution >= 4 is 36.7 Å². The Bertz CT molecular complexity index is 1900. The molecule has 0 atom stereocenters. The molecule has 10 heteroatoms. The van der Waals surface area contributed by atoms with Crippen molar-refractivity contribution in [2.45, 2.75) is 23.6 Å². The van der Waals surface area contributed by atoms with Gasteiger partial charge in [0.2, 0.25) is 0 Å². The second-order valence-corrected chi connectivity index (χ2v) is 12.9. The number of rotatable bonds is 6. The number of hydrogen-bond acceptors (Lipinski definition) is 7. The third kappa shape index (κ3) is 4.91. The van der Waals surface area contributed by atoms with Gasteiger partial charge in [-0.2, -0.15) is 3.71 Å². The number of phenolic OH excluding ortho intramolecular Hbond substituents is 1. The highest BCUT2D eigenvalue weighted by molar-refractivity contribution is 8.10. The van der Waals surface area contributed by atoms with Crippen LogP contribution in [-0.2, 0) is 20.0 Å². The van der Waals surface area contributed by atoms with E-state index in [1.165, 1.54) is 60.7 Å². The lowest BCUT2D eigenvalue weighted by Crippen LogP contribution is -2.37. The zero-order valence-corrected chi connectivity index (χ0v) is 22.5. The Morgan fingerprint density at radius 3 is 1.79 bits per heavy atom. The maximum Gasteiger partial charge on any atom is 0.344 e. The van der Waals surface area contributed by atoms with Gasteiger partial charge in [-0.25, -0.2) is 21.6 Å². The lowest BCUT2D eigenvalue weighted by Gasteiger charge is -2.24. The third-order valence-corrected chi connectivity index (χ3v) is 10.4. The van der Waals surface area contributed by atoms with E-state index in [0.717, 1.165) is 11.1 Å². The smallest absolute Gasteiger partial charge is 0.344 e. The van der Waals surface area contributed by atoms with Crippen LogP contribution in [0.5, 0.6) is 5.75 Å². The zero-order chi connectivity index (χ0) is 27.9. The van der Waals surface area contributed by atoms with E-state index < -0.39 is 25.7 Å². The van der Waals surface area contributed by atoms with Gasteiger partial charge in [-0.15, -0.1) is 0 Å². The Hall–Kier alpha value is -4.41. The Morgan fingerprint density at radius 2 is 1.26 bits per heavy atom. The minimum absolute atomic E-state index is 0.0553. The molecular formula is C29H23NO7S2. The number of phenols is 1. The molecule has 5 rings (SSSR count). The van der Waals surface area contributed by atoms with Crippen molar-refractivity contribution in [1.82, 2.24) is 0 Å². The Kier molecular flexibility index (Phi) is 6.53. The van der Waals surface area contributed by atoms with Gasteiger partial charge >= 0.3 is 5.63 Å². The van der Waals surface area contributed by atoms with Gasteiger partial charge in [0.15, 0.2) is 0 Å². The van der Waals surface area contributed by atoms with E-state index in [-0.39, 0.29) is 37.8 Å². The standard InChI is InChI=1S/C29H23NO7S2/c1-19-6-11-25(12-7-19)38(33,34)30(39(35,36)26-13-8-20(2)9-14-26)23-10-15-28-22(16-23)18-27(29(32)37-28)21-4-3-5-24(31)17-21/h3-18,31H,1-2H3. The first kappa shape index (κ1) is 26.2. The van der Waals surface area contributed by atoms with Crippen LogP contribution >= 0.6 is 0 Å². The van der Waals surface area contributed by atoms with E-state index in [9.17, 15) is 26.7 Å². The molecule has 0 saturated heterocycles. The van der Waals surface area contributed by atoms with Gasteiger partial charge in [0, 0.05) is 5.39 Å². The molecule has 39 heavy (non-hydrogen) atoms. The summed E-state index contributed by atoms with van der Waals surface area (Å²) in [4.78, 5) is 12.2. The fourth-order valence-corrected chi connectivity index (χ4v) is 7.79. The molecule has 1 aromatic heterocycles. The molecular weight excluding hydrogens is 538 g/mol. The number of aryl methyl sites for hydroxylation is 2. The lowest BCUT2D eigenvalue weighted by atomic mass is 10.1. The summed E-state index contributed by atoms with van der Waals surface area (Å²) < 4.78 is 61.4. The van der Waals surface area contributed by atoms with E-state index in [1.807, 2.05) is 0 Å². The first-order valence-electron chi connectivity index (χ1n) is 11.8. The minimum atomic E-state index is -4.61. The normalized spacial score (nSPS) is 11.9. The minimum Gasteiger partial charge on any atom is -0.508 e. The third-order valence-electron chi connectivity index (χ3n) is 6.16. The number of hydrogen-bond donors (Lipinski definition) is 1. The average molecular weight is 562 g/mol. The highest BCUT2D eigenvalue weighted by Gasteiger charge is 2.37. The van der Waals surface area contributed by atoms with Crippen molar-refractivity contribution in [3.05, 3.63) is 119 Å². The fraction of sp³-hybridized carbons (Fsp3) is 0.0690. The second kappa shape index (κ2) is 9.72. The molecule has 0 amide bonds. The highest BCUT2D eigenvalue weighted by atomic mass is 32.3. The van der Waals surface area contributed by atoms with Crippen LogP contribution in [0.25, 0.3) is 22.1 Å². The first-order chi connectivity index (χ1) is 18.5. The SMILES string of the molecule is Cc1ccc(S(=O)(=O)N(c2ccc3oc(=O)c(-c4cccc(O)c4)cc3c2)S(=O)(=O)c2ccc(C)cc2)cc1. The summed E-state index contributed by atoms with van der Waals surface area (Å²) in [5, 5.41) is 10.1. The summed E-state index contributed by atoms with van der Waals surface area (Å²) in [5.41, 5.74) is 1.41. The molecule has 4 aromatic carbocycles. The van der Waals surface area contributed by atoms with E-state index in [1.54, 1.807) is 50.2 Å². The van der Waals surface area contributed by atoms with Gasteiger partial charge in [0.05, 0.1) is 21.0 Å². The van der Waals surface area contributed by atoms with Gasteiger partial charge < -0.3 is 9.52 Å². The summed E-state index contributed by atoms with van der Waals surface area (Å²) >= 11 is 0. The van der Waals surface area contributed by atoms with Gasteiger partial charge in [0.25, 0.3) is 20.0 Å². The van der Waals surface area contributed by atoms with Crippen LogP contribution in [0.2, 0.25) is 0 Å². The number of nitrogens with zero attached hydrogens (tertiary/aromatic N) is 1. The van der Waals surface area contributed by atoms with Crippen molar-refractivity contribution in [3.63, 3.8) is 0 Å². The molecule has 0 aliphatic rings.